The summed E-state index contributed by atoms with van der Waals surface area (Å²) in [6.07, 6.45) is 0. The Morgan fingerprint density at radius 3 is 2.52 bits per heavy atom. The summed E-state index contributed by atoms with van der Waals surface area (Å²) in [5, 5.41) is 7.25. The van der Waals surface area contributed by atoms with Crippen molar-refractivity contribution in [1.82, 2.24) is 4.98 Å². The van der Waals surface area contributed by atoms with Gasteiger partial charge in [-0.05, 0) is 36.4 Å². The summed E-state index contributed by atoms with van der Waals surface area (Å²) in [5.74, 6) is 0. The van der Waals surface area contributed by atoms with Crippen molar-refractivity contribution in [3.63, 3.8) is 0 Å². The molecule has 29 heavy (non-hydrogen) atoms. The fourth-order valence-electron chi connectivity index (χ4n) is 3.12. The molecule has 2 heterocycles. The van der Waals surface area contributed by atoms with Gasteiger partial charge in [0.25, 0.3) is 0 Å². The molecule has 2 N–H and O–H groups in total. The van der Waals surface area contributed by atoms with Crippen molar-refractivity contribution in [3.05, 3.63) is 41.4 Å². The molecule has 1 fully saturated rings. The number of nitrogens with one attached hydrogen (secondary N) is 2. The molecule has 2 amide bonds. The van der Waals surface area contributed by atoms with Crippen molar-refractivity contribution >= 4 is 61.4 Å². The number of carbonyl (C=O) groups excluding carboxylic acids is 1. The lowest BCUT2D eigenvalue weighted by atomic mass is 10.2. The first-order chi connectivity index (χ1) is 14.0. The molecule has 0 spiro atoms. The lowest BCUT2D eigenvalue weighted by molar-refractivity contribution is 0.122. The Labute approximate surface area is 178 Å². The Hall–Kier alpha value is -2.55. The normalized spacial score (nSPS) is 14.1. The zero-order chi connectivity index (χ0) is 20.4. The first-order valence-corrected chi connectivity index (χ1v) is 10.5. The quantitative estimate of drug-likeness (QED) is 0.636. The molecule has 1 aromatic heterocycles. The lowest BCUT2D eigenvalue weighted by Gasteiger charge is -2.25. The molecule has 0 aliphatic carbocycles. The highest BCUT2D eigenvalue weighted by Gasteiger charge is 2.16. The number of thiazole rings is 1. The number of aromatic nitrogens is 1. The van der Waals surface area contributed by atoms with Crippen LogP contribution in [-0.2, 0) is 4.74 Å². The maximum Gasteiger partial charge on any atom is 0.323 e. The summed E-state index contributed by atoms with van der Waals surface area (Å²) in [5.41, 5.74) is 3.16. The number of rotatable bonds is 4. The van der Waals surface area contributed by atoms with Crippen molar-refractivity contribution in [3.8, 4) is 0 Å². The molecule has 152 valence electrons. The second-order valence-electron chi connectivity index (χ2n) is 6.92. The molecule has 0 radical (unpaired) electrons. The number of halogens is 1. The van der Waals surface area contributed by atoms with Crippen LogP contribution in [0.25, 0.3) is 10.2 Å². The number of morpholine rings is 1. The third kappa shape index (κ3) is 4.55. The zero-order valence-electron chi connectivity index (χ0n) is 16.2. The number of carbonyl (C=O) groups is 1. The molecule has 4 rings (SSSR count). The number of fused-ring (bicyclic) bond motifs is 1. The number of anilines is 4. The molecule has 7 nitrogen and oxygen atoms in total. The van der Waals surface area contributed by atoms with E-state index >= 15 is 0 Å². The van der Waals surface area contributed by atoms with Gasteiger partial charge in [0.05, 0.1) is 34.1 Å². The van der Waals surface area contributed by atoms with E-state index < -0.39 is 0 Å². The van der Waals surface area contributed by atoms with Gasteiger partial charge >= 0.3 is 6.03 Å². The Kier molecular flexibility index (Phi) is 5.75. The highest BCUT2D eigenvalue weighted by molar-refractivity contribution is 7.22. The number of amides is 2. The number of hydrogen-bond donors (Lipinski definition) is 2. The Morgan fingerprint density at radius 2 is 1.83 bits per heavy atom. The summed E-state index contributed by atoms with van der Waals surface area (Å²) in [6.45, 7) is 3.15. The smallest absolute Gasteiger partial charge is 0.323 e. The number of ether oxygens (including phenoxy) is 1. The molecular weight excluding hydrogens is 410 g/mol. The number of benzene rings is 2. The summed E-state index contributed by atoms with van der Waals surface area (Å²) >= 11 is 7.89. The summed E-state index contributed by atoms with van der Waals surface area (Å²) in [7, 11) is 3.84. The van der Waals surface area contributed by atoms with Crippen molar-refractivity contribution in [1.29, 1.82) is 0 Å². The van der Waals surface area contributed by atoms with E-state index in [1.807, 2.05) is 49.3 Å². The zero-order valence-corrected chi connectivity index (χ0v) is 17.8. The molecule has 0 saturated carbocycles. The number of hydrogen-bond acceptors (Lipinski definition) is 6. The second-order valence-corrected chi connectivity index (χ2v) is 8.33. The minimum Gasteiger partial charge on any atom is -0.378 e. The van der Waals surface area contributed by atoms with Gasteiger partial charge in [-0.1, -0.05) is 22.9 Å². The average molecular weight is 432 g/mol. The van der Waals surface area contributed by atoms with Crippen LogP contribution in [-0.4, -0.2) is 51.4 Å². The molecule has 1 aliphatic rings. The highest BCUT2D eigenvalue weighted by atomic mass is 35.5. The van der Waals surface area contributed by atoms with Crippen molar-refractivity contribution in [2.24, 2.45) is 0 Å². The molecular formula is C20H22ClN5O2S. The van der Waals surface area contributed by atoms with E-state index in [4.69, 9.17) is 21.3 Å². The van der Waals surface area contributed by atoms with E-state index in [2.05, 4.69) is 15.5 Å². The first-order valence-electron chi connectivity index (χ1n) is 9.28. The molecule has 0 bridgehead atoms. The molecule has 3 aromatic rings. The van der Waals surface area contributed by atoms with Crippen LogP contribution in [0.2, 0.25) is 5.02 Å². The molecule has 2 aromatic carbocycles. The minimum atomic E-state index is -0.323. The van der Waals surface area contributed by atoms with Crippen LogP contribution in [0.4, 0.5) is 27.0 Å². The van der Waals surface area contributed by atoms with E-state index in [1.165, 1.54) is 0 Å². The van der Waals surface area contributed by atoms with Gasteiger partial charge in [0.15, 0.2) is 5.13 Å². The van der Waals surface area contributed by atoms with Crippen LogP contribution in [0.1, 0.15) is 0 Å². The molecule has 1 aliphatic heterocycles. The SMILES string of the molecule is CN(C)c1ccc(NC(=O)Nc2ccc3nc(N4CCOCC4)sc3c2)cc1Cl. The fourth-order valence-corrected chi connectivity index (χ4v) is 4.53. The van der Waals surface area contributed by atoms with Gasteiger partial charge in [0.2, 0.25) is 0 Å². The van der Waals surface area contributed by atoms with Gasteiger partial charge in [0.1, 0.15) is 0 Å². The standard InChI is InChI=1S/C20H22ClN5O2S/c1-25(2)17-6-4-13(11-15(17)21)22-19(27)23-14-3-5-16-18(12-14)29-20(24-16)26-7-9-28-10-8-26/h3-6,11-12H,7-10H2,1-2H3,(H2,22,23,27). The maximum atomic E-state index is 12.4. The second kappa shape index (κ2) is 8.44. The van der Waals surface area contributed by atoms with Crippen molar-refractivity contribution in [2.45, 2.75) is 0 Å². The number of nitrogens with zero attached hydrogens (tertiary/aromatic N) is 3. The Balaban J connectivity index is 1.44. The highest BCUT2D eigenvalue weighted by Crippen LogP contribution is 2.31. The molecule has 1 saturated heterocycles. The van der Waals surface area contributed by atoms with E-state index in [-0.39, 0.29) is 6.03 Å². The molecule has 0 atom stereocenters. The van der Waals surface area contributed by atoms with Crippen LogP contribution in [0, 0.1) is 0 Å². The average Bonchev–Trinajstić information content (AvgIpc) is 3.12. The monoisotopic (exact) mass is 431 g/mol. The topological polar surface area (TPSA) is 69.7 Å². The third-order valence-corrected chi connectivity index (χ3v) is 5.99. The van der Waals surface area contributed by atoms with Crippen molar-refractivity contribution < 1.29 is 9.53 Å². The predicted molar refractivity (Wildman–Crippen MR) is 121 cm³/mol. The summed E-state index contributed by atoms with van der Waals surface area (Å²) in [4.78, 5) is 21.2. The lowest BCUT2D eigenvalue weighted by Crippen LogP contribution is -2.36. The van der Waals surface area contributed by atoms with Crippen LogP contribution in [0.15, 0.2) is 36.4 Å². The molecule has 0 unspecified atom stereocenters. The molecule has 9 heteroatoms. The van der Waals surface area contributed by atoms with Gasteiger partial charge in [-0.2, -0.15) is 0 Å². The van der Waals surface area contributed by atoms with E-state index in [0.29, 0.717) is 16.4 Å². The Bertz CT molecular complexity index is 1030. The van der Waals surface area contributed by atoms with Gasteiger partial charge in [-0.3, -0.25) is 0 Å². The summed E-state index contributed by atoms with van der Waals surface area (Å²) in [6, 6.07) is 10.8. The van der Waals surface area contributed by atoms with Crippen LogP contribution in [0.5, 0.6) is 0 Å². The van der Waals surface area contributed by atoms with Crippen LogP contribution < -0.4 is 20.4 Å². The predicted octanol–water partition coefficient (Wildman–Crippen LogP) is 4.50. The first kappa shape index (κ1) is 19.8. The van der Waals surface area contributed by atoms with E-state index in [9.17, 15) is 4.79 Å². The summed E-state index contributed by atoms with van der Waals surface area (Å²) < 4.78 is 6.43. The maximum absolute atomic E-state index is 12.4. The van der Waals surface area contributed by atoms with Crippen LogP contribution in [0.3, 0.4) is 0 Å². The fraction of sp³-hybridized carbons (Fsp3) is 0.300. The van der Waals surface area contributed by atoms with E-state index in [1.54, 1.807) is 17.4 Å². The third-order valence-electron chi connectivity index (χ3n) is 4.60. The largest absolute Gasteiger partial charge is 0.378 e. The Morgan fingerprint density at radius 1 is 1.14 bits per heavy atom. The number of urea groups is 1. The van der Waals surface area contributed by atoms with Gasteiger partial charge in [-0.25, -0.2) is 9.78 Å². The van der Waals surface area contributed by atoms with Gasteiger partial charge in [0, 0.05) is 38.6 Å². The minimum absolute atomic E-state index is 0.323. The van der Waals surface area contributed by atoms with Crippen molar-refractivity contribution in [2.75, 3.05) is 60.8 Å². The van der Waals surface area contributed by atoms with Gasteiger partial charge in [-0.15, -0.1) is 0 Å². The van der Waals surface area contributed by atoms with Crippen LogP contribution >= 0.6 is 22.9 Å². The van der Waals surface area contributed by atoms with Gasteiger partial charge < -0.3 is 25.2 Å². The van der Waals surface area contributed by atoms with E-state index in [0.717, 1.165) is 47.3 Å².